The molecule has 5 rings (SSSR count). The number of carbonyl (C=O) groups excluding carboxylic acids is 3. The number of hydrogen-bond donors (Lipinski definition) is 2. The second-order valence-corrected chi connectivity index (χ2v) is 11.8. The maximum Gasteiger partial charge on any atom is 0.331 e. The summed E-state index contributed by atoms with van der Waals surface area (Å²) in [7, 11) is 0. The highest BCUT2D eigenvalue weighted by molar-refractivity contribution is 9.09. The zero-order valence-electron chi connectivity index (χ0n) is 19.1. The molecule has 5 aliphatic rings. The molecule has 1 aliphatic heterocycles. The Labute approximate surface area is 202 Å². The largest absolute Gasteiger partial charge is 0.458 e. The highest BCUT2D eigenvalue weighted by Crippen LogP contribution is 2.71. The fourth-order valence-electron chi connectivity index (χ4n) is 8.78. The molecule has 8 heteroatoms. The Balaban J connectivity index is 1.59. The van der Waals surface area contributed by atoms with Crippen LogP contribution in [-0.4, -0.2) is 57.7 Å². The van der Waals surface area contributed by atoms with E-state index < -0.39 is 22.7 Å². The van der Waals surface area contributed by atoms with Crippen LogP contribution in [0.5, 0.6) is 0 Å². The molecule has 7 nitrogen and oxygen atoms in total. The van der Waals surface area contributed by atoms with Gasteiger partial charge in [-0.25, -0.2) is 4.79 Å². The van der Waals surface area contributed by atoms with Gasteiger partial charge in [0.2, 0.25) is 0 Å². The molecule has 2 N–H and O–H groups in total. The molecule has 0 amide bonds. The third kappa shape index (κ3) is 3.09. The molecule has 0 spiro atoms. The van der Waals surface area contributed by atoms with E-state index in [0.29, 0.717) is 32.1 Å². The quantitative estimate of drug-likeness (QED) is 0.330. The van der Waals surface area contributed by atoms with Gasteiger partial charge in [0.05, 0.1) is 17.1 Å². The van der Waals surface area contributed by atoms with E-state index in [1.807, 2.05) is 0 Å². The molecular formula is C25H33BrO7. The highest BCUT2D eigenvalue weighted by atomic mass is 79.9. The molecule has 0 unspecified atom stereocenters. The number of aliphatic hydroxyl groups is 2. The Morgan fingerprint density at radius 1 is 1.21 bits per heavy atom. The van der Waals surface area contributed by atoms with Crippen LogP contribution in [0, 0.1) is 28.6 Å². The summed E-state index contributed by atoms with van der Waals surface area (Å²) < 4.78 is 11.6. The van der Waals surface area contributed by atoms with Crippen LogP contribution in [0.3, 0.4) is 0 Å². The van der Waals surface area contributed by atoms with Gasteiger partial charge in [-0.05, 0) is 68.8 Å². The van der Waals surface area contributed by atoms with E-state index >= 15 is 0 Å². The van der Waals surface area contributed by atoms with E-state index in [9.17, 15) is 24.6 Å². The molecule has 4 saturated carbocycles. The number of hydrogen-bond acceptors (Lipinski definition) is 7. The number of aldehydes is 1. The normalized spacial score (nSPS) is 48.7. The molecule has 33 heavy (non-hydrogen) atoms. The Bertz CT molecular complexity index is 903. The Morgan fingerprint density at radius 3 is 2.64 bits per heavy atom. The van der Waals surface area contributed by atoms with Gasteiger partial charge in [0.1, 0.15) is 23.8 Å². The average Bonchev–Trinajstić information content (AvgIpc) is 3.33. The lowest BCUT2D eigenvalue weighted by atomic mass is 9.41. The second-order valence-electron chi connectivity index (χ2n) is 11.2. The van der Waals surface area contributed by atoms with Crippen molar-refractivity contribution in [1.82, 2.24) is 0 Å². The van der Waals surface area contributed by atoms with Crippen LogP contribution >= 0.6 is 15.9 Å². The number of cyclic esters (lactones) is 1. The Morgan fingerprint density at radius 2 is 1.97 bits per heavy atom. The average molecular weight is 525 g/mol. The number of rotatable bonds is 4. The molecule has 0 radical (unpaired) electrons. The van der Waals surface area contributed by atoms with E-state index in [0.717, 1.165) is 31.1 Å². The molecule has 4 fully saturated rings. The van der Waals surface area contributed by atoms with Crippen molar-refractivity contribution in [3.05, 3.63) is 11.6 Å². The lowest BCUT2D eigenvalue weighted by molar-refractivity contribution is -0.255. The number of ether oxygens (including phenoxy) is 2. The zero-order chi connectivity index (χ0) is 23.6. The Hall–Kier alpha value is -1.25. The second kappa shape index (κ2) is 7.89. The third-order valence-electron chi connectivity index (χ3n) is 10.2. The smallest absolute Gasteiger partial charge is 0.331 e. The standard InChI is InChI=1S/C25H33BrO7/c1-22-6-3-18-19(4-8-24(31)11-16(28)2-7-23(18,24)14-27)25(22,33-21(30)12-26)9-5-17(22)15-10-20(29)32-13-15/h10,14,16-19,28,31H,2-9,11-13H2,1H3/t16-,17+,18-,19+,22+,23-,24-,25-/m0/s1. The van der Waals surface area contributed by atoms with Crippen molar-refractivity contribution >= 4 is 34.2 Å². The maximum atomic E-state index is 12.7. The van der Waals surface area contributed by atoms with Crippen molar-refractivity contribution in [2.45, 2.75) is 82.0 Å². The van der Waals surface area contributed by atoms with Crippen LogP contribution in [0.1, 0.15) is 64.7 Å². The zero-order valence-corrected chi connectivity index (χ0v) is 20.6. The van der Waals surface area contributed by atoms with Crippen molar-refractivity contribution in [1.29, 1.82) is 0 Å². The summed E-state index contributed by atoms with van der Waals surface area (Å²) in [6, 6.07) is 0. The highest BCUT2D eigenvalue weighted by Gasteiger charge is 2.73. The minimum atomic E-state index is -1.23. The summed E-state index contributed by atoms with van der Waals surface area (Å²) in [6.07, 6.45) is 7.07. The first-order chi connectivity index (χ1) is 15.6. The molecule has 0 bridgehead atoms. The number of halogens is 1. The van der Waals surface area contributed by atoms with E-state index in [1.54, 1.807) is 6.08 Å². The summed E-state index contributed by atoms with van der Waals surface area (Å²) in [5, 5.41) is 22.0. The predicted octanol–water partition coefficient (Wildman–Crippen LogP) is 2.84. The van der Waals surface area contributed by atoms with Crippen LogP contribution < -0.4 is 0 Å². The van der Waals surface area contributed by atoms with Gasteiger partial charge in [0.15, 0.2) is 0 Å². The molecule has 0 saturated heterocycles. The summed E-state index contributed by atoms with van der Waals surface area (Å²) in [5.74, 6) is -0.764. The molecule has 4 aliphatic carbocycles. The van der Waals surface area contributed by atoms with Crippen LogP contribution in [0.15, 0.2) is 11.6 Å². The first-order valence-electron chi connectivity index (χ1n) is 12.2. The number of aliphatic hydroxyl groups excluding tert-OH is 1. The van der Waals surface area contributed by atoms with Crippen LogP contribution in [0.2, 0.25) is 0 Å². The van der Waals surface area contributed by atoms with Gasteiger partial charge >= 0.3 is 11.9 Å². The molecule has 1 heterocycles. The van der Waals surface area contributed by atoms with Gasteiger partial charge in [-0.3, -0.25) is 4.79 Å². The summed E-state index contributed by atoms with van der Waals surface area (Å²) in [4.78, 5) is 37.3. The van der Waals surface area contributed by atoms with E-state index in [-0.39, 0.29) is 53.5 Å². The van der Waals surface area contributed by atoms with Crippen molar-refractivity contribution in [2.24, 2.45) is 28.6 Å². The number of carbonyl (C=O) groups is 3. The molecule has 8 atom stereocenters. The first kappa shape index (κ1) is 23.5. The lowest BCUT2D eigenvalue weighted by Gasteiger charge is -2.65. The molecule has 0 aromatic rings. The van der Waals surface area contributed by atoms with Gasteiger partial charge in [-0.2, -0.15) is 0 Å². The predicted molar refractivity (Wildman–Crippen MR) is 121 cm³/mol. The third-order valence-corrected chi connectivity index (χ3v) is 10.7. The molecule has 0 aromatic heterocycles. The summed E-state index contributed by atoms with van der Waals surface area (Å²) >= 11 is 3.25. The van der Waals surface area contributed by atoms with Gasteiger partial charge in [-0.1, -0.05) is 22.9 Å². The summed E-state index contributed by atoms with van der Waals surface area (Å²) in [6.45, 7) is 2.45. The number of alkyl halides is 1. The van der Waals surface area contributed by atoms with Gasteiger partial charge in [0.25, 0.3) is 0 Å². The van der Waals surface area contributed by atoms with Crippen LogP contribution in [0.25, 0.3) is 0 Å². The van der Waals surface area contributed by atoms with E-state index in [1.165, 1.54) is 0 Å². The van der Waals surface area contributed by atoms with E-state index in [2.05, 4.69) is 22.9 Å². The fourth-order valence-corrected chi connectivity index (χ4v) is 8.89. The fraction of sp³-hybridized carbons (Fsp3) is 0.800. The minimum Gasteiger partial charge on any atom is -0.458 e. The SMILES string of the molecule is C[C@]12CC[C@H]3[C@@H](CC[C@]4(O)C[C@@H](O)CC[C@]34C=O)[C@@]1(OC(=O)CBr)CC[C@@H]2C1=CC(=O)OC1. The minimum absolute atomic E-state index is 0.0641. The first-order valence-corrected chi connectivity index (χ1v) is 13.3. The molecular weight excluding hydrogens is 492 g/mol. The lowest BCUT2D eigenvalue weighted by Crippen LogP contribution is -2.69. The molecule has 0 aromatic carbocycles. The van der Waals surface area contributed by atoms with Crippen molar-refractivity contribution in [2.75, 3.05) is 11.9 Å². The molecule has 182 valence electrons. The van der Waals surface area contributed by atoms with Gasteiger partial charge in [-0.15, -0.1) is 0 Å². The number of esters is 2. The summed E-state index contributed by atoms with van der Waals surface area (Å²) in [5.41, 5.74) is -2.36. The Kier molecular flexibility index (Phi) is 5.61. The van der Waals surface area contributed by atoms with Crippen LogP contribution in [0.4, 0.5) is 0 Å². The van der Waals surface area contributed by atoms with Gasteiger partial charge in [0, 0.05) is 23.8 Å². The number of fused-ring (bicyclic) bond motifs is 5. The van der Waals surface area contributed by atoms with E-state index in [4.69, 9.17) is 9.47 Å². The van der Waals surface area contributed by atoms with Crippen molar-refractivity contribution in [3.8, 4) is 0 Å². The monoisotopic (exact) mass is 524 g/mol. The van der Waals surface area contributed by atoms with Crippen LogP contribution in [-0.2, 0) is 23.9 Å². The maximum absolute atomic E-state index is 12.7. The van der Waals surface area contributed by atoms with Crippen molar-refractivity contribution < 1.29 is 34.1 Å². The van der Waals surface area contributed by atoms with Gasteiger partial charge < -0.3 is 24.5 Å². The topological polar surface area (TPSA) is 110 Å². The van der Waals surface area contributed by atoms with Crippen molar-refractivity contribution in [3.63, 3.8) is 0 Å².